The zero-order valence-electron chi connectivity index (χ0n) is 19.6. The van der Waals surface area contributed by atoms with Crippen LogP contribution in [0.15, 0.2) is 36.5 Å². The number of esters is 1. The number of aryl methyl sites for hydroxylation is 1. The molecule has 0 saturated carbocycles. The second kappa shape index (κ2) is 12.7. The van der Waals surface area contributed by atoms with Crippen molar-refractivity contribution in [2.45, 2.75) is 59.7 Å². The van der Waals surface area contributed by atoms with Gasteiger partial charge in [-0.2, -0.15) is 5.09 Å². The number of hydrogen-bond acceptors (Lipinski definition) is 8. The molecule has 0 radical (unpaired) electrons. The normalized spacial score (nSPS) is 14.0. The van der Waals surface area contributed by atoms with Crippen molar-refractivity contribution in [3.63, 3.8) is 0 Å². The Bertz CT molecular complexity index is 953. The summed E-state index contributed by atoms with van der Waals surface area (Å²) >= 11 is 0. The first-order chi connectivity index (χ1) is 15.7. The van der Waals surface area contributed by atoms with Crippen LogP contribution in [0.3, 0.4) is 0 Å². The highest BCUT2D eigenvalue weighted by atomic mass is 31.2. The van der Waals surface area contributed by atoms with Crippen LogP contribution in [0.2, 0.25) is 0 Å². The number of rotatable bonds is 13. The standard InChI is InChI=1S/C23H34N3O6P/c1-5-18(6-2)14-30-23(28)17(4)26-33(29,32-20-10-8-7-9-11-20)31-15-19-13-25-16(3)22(27)21(19)12-24/h7-11,13,17-18,27H,5-6,12,14-15,24H2,1-4H3,(H,26,29)/t17-,33?/m0/s1. The maximum Gasteiger partial charge on any atom is 0.459 e. The molecule has 2 aromatic rings. The molecular formula is C23H34N3O6P. The Hall–Kier alpha value is -2.45. The van der Waals surface area contributed by atoms with Crippen LogP contribution in [0.4, 0.5) is 0 Å². The number of aromatic hydroxyl groups is 1. The molecule has 10 heteroatoms. The van der Waals surface area contributed by atoms with E-state index >= 15 is 0 Å². The number of carbonyl (C=O) groups excluding carboxylic acids is 1. The zero-order chi connectivity index (χ0) is 24.4. The summed E-state index contributed by atoms with van der Waals surface area (Å²) in [5.41, 5.74) is 7.09. The summed E-state index contributed by atoms with van der Waals surface area (Å²) < 4.78 is 30.3. The number of aromatic nitrogens is 1. The predicted octanol–water partition coefficient (Wildman–Crippen LogP) is 4.22. The average molecular weight is 480 g/mol. The Kier molecular flexibility index (Phi) is 10.3. The number of ether oxygens (including phenoxy) is 1. The monoisotopic (exact) mass is 479 g/mol. The van der Waals surface area contributed by atoms with Crippen LogP contribution in [-0.2, 0) is 31.8 Å². The van der Waals surface area contributed by atoms with Crippen molar-refractivity contribution in [1.29, 1.82) is 0 Å². The van der Waals surface area contributed by atoms with Gasteiger partial charge in [-0.25, -0.2) is 4.57 Å². The van der Waals surface area contributed by atoms with E-state index in [0.29, 0.717) is 22.6 Å². The van der Waals surface area contributed by atoms with Gasteiger partial charge in [0.25, 0.3) is 0 Å². The van der Waals surface area contributed by atoms with E-state index < -0.39 is 19.8 Å². The first-order valence-electron chi connectivity index (χ1n) is 11.0. The van der Waals surface area contributed by atoms with E-state index in [-0.39, 0.29) is 31.4 Å². The highest BCUT2D eigenvalue weighted by molar-refractivity contribution is 7.52. The molecule has 0 aliphatic carbocycles. The third-order valence-corrected chi connectivity index (χ3v) is 6.94. The maximum atomic E-state index is 13.6. The lowest BCUT2D eigenvalue weighted by Gasteiger charge is -2.24. The SMILES string of the molecule is CCC(CC)COC(=O)[C@H](C)NP(=O)(OCc1cnc(C)c(O)c1CN)Oc1ccccc1. The molecule has 1 aromatic carbocycles. The van der Waals surface area contributed by atoms with Gasteiger partial charge in [0.2, 0.25) is 0 Å². The summed E-state index contributed by atoms with van der Waals surface area (Å²) in [5.74, 6) is -0.0283. The average Bonchev–Trinajstić information content (AvgIpc) is 2.80. The molecule has 33 heavy (non-hydrogen) atoms. The summed E-state index contributed by atoms with van der Waals surface area (Å²) in [6.07, 6.45) is 3.29. The molecule has 2 atom stereocenters. The molecule has 1 unspecified atom stereocenters. The van der Waals surface area contributed by atoms with Gasteiger partial charge in [-0.15, -0.1) is 0 Å². The van der Waals surface area contributed by atoms with Crippen LogP contribution >= 0.6 is 7.75 Å². The van der Waals surface area contributed by atoms with Crippen molar-refractivity contribution < 1.29 is 28.3 Å². The number of nitrogens with zero attached hydrogens (tertiary/aromatic N) is 1. The third-order valence-electron chi connectivity index (χ3n) is 5.31. The topological polar surface area (TPSA) is 133 Å². The van der Waals surface area contributed by atoms with Crippen LogP contribution < -0.4 is 15.3 Å². The van der Waals surface area contributed by atoms with Gasteiger partial charge in [0.05, 0.1) is 18.9 Å². The van der Waals surface area contributed by atoms with Gasteiger partial charge < -0.3 is 20.1 Å². The first kappa shape index (κ1) is 26.8. The van der Waals surface area contributed by atoms with E-state index in [0.717, 1.165) is 12.8 Å². The molecule has 2 rings (SSSR count). The van der Waals surface area contributed by atoms with Crippen molar-refractivity contribution in [2.75, 3.05) is 6.61 Å². The molecule has 0 saturated heterocycles. The van der Waals surface area contributed by atoms with Gasteiger partial charge in [-0.05, 0) is 31.9 Å². The smallest absolute Gasteiger partial charge is 0.459 e. The number of carbonyl (C=O) groups is 1. The lowest BCUT2D eigenvalue weighted by molar-refractivity contribution is -0.146. The number of benzene rings is 1. The molecule has 0 bridgehead atoms. The molecule has 9 nitrogen and oxygen atoms in total. The Morgan fingerprint density at radius 1 is 1.24 bits per heavy atom. The second-order valence-electron chi connectivity index (χ2n) is 7.74. The van der Waals surface area contributed by atoms with Crippen LogP contribution in [0, 0.1) is 12.8 Å². The van der Waals surface area contributed by atoms with E-state index in [1.54, 1.807) is 37.3 Å². The van der Waals surface area contributed by atoms with Gasteiger partial charge in [0.15, 0.2) is 0 Å². The largest absolute Gasteiger partial charge is 0.506 e. The van der Waals surface area contributed by atoms with Gasteiger partial charge in [0.1, 0.15) is 17.5 Å². The van der Waals surface area contributed by atoms with Gasteiger partial charge >= 0.3 is 13.7 Å². The van der Waals surface area contributed by atoms with Crippen molar-refractivity contribution >= 4 is 13.7 Å². The fourth-order valence-electron chi connectivity index (χ4n) is 3.04. The van der Waals surface area contributed by atoms with Crippen LogP contribution in [0.5, 0.6) is 11.5 Å². The summed E-state index contributed by atoms with van der Waals surface area (Å²) in [6, 6.07) is 7.53. The molecule has 182 valence electrons. The minimum absolute atomic E-state index is 0.0382. The lowest BCUT2D eigenvalue weighted by Crippen LogP contribution is -2.35. The molecule has 1 heterocycles. The van der Waals surface area contributed by atoms with E-state index in [4.69, 9.17) is 19.5 Å². The lowest BCUT2D eigenvalue weighted by atomic mass is 10.1. The summed E-state index contributed by atoms with van der Waals surface area (Å²) in [7, 11) is -4.04. The molecule has 0 aliphatic rings. The quantitative estimate of drug-likeness (QED) is 0.285. The number of hydrogen-bond donors (Lipinski definition) is 3. The van der Waals surface area contributed by atoms with Crippen molar-refractivity contribution in [2.24, 2.45) is 11.7 Å². The number of pyridine rings is 1. The zero-order valence-corrected chi connectivity index (χ0v) is 20.5. The van der Waals surface area contributed by atoms with Crippen LogP contribution in [-0.4, -0.2) is 28.7 Å². The Morgan fingerprint density at radius 2 is 1.91 bits per heavy atom. The number of nitrogens with two attached hydrogens (primary N) is 1. The van der Waals surface area contributed by atoms with E-state index in [9.17, 15) is 14.5 Å². The van der Waals surface area contributed by atoms with Crippen LogP contribution in [0.25, 0.3) is 0 Å². The molecule has 4 N–H and O–H groups in total. The third kappa shape index (κ3) is 7.82. The summed E-state index contributed by atoms with van der Waals surface area (Å²) in [5, 5.41) is 12.9. The van der Waals surface area contributed by atoms with Gasteiger partial charge in [0, 0.05) is 23.9 Å². The van der Waals surface area contributed by atoms with Crippen molar-refractivity contribution in [3.05, 3.63) is 53.3 Å². The molecule has 0 amide bonds. The fraction of sp³-hybridized carbons (Fsp3) is 0.478. The number of para-hydroxylation sites is 1. The molecular weight excluding hydrogens is 445 g/mol. The van der Waals surface area contributed by atoms with E-state index in [2.05, 4.69) is 10.1 Å². The van der Waals surface area contributed by atoms with Crippen molar-refractivity contribution in [1.82, 2.24) is 10.1 Å². The van der Waals surface area contributed by atoms with Crippen LogP contribution in [0.1, 0.15) is 50.4 Å². The van der Waals surface area contributed by atoms with Crippen molar-refractivity contribution in [3.8, 4) is 11.5 Å². The Labute approximate surface area is 195 Å². The molecule has 0 fully saturated rings. The minimum atomic E-state index is -4.04. The second-order valence-corrected chi connectivity index (χ2v) is 9.43. The Balaban J connectivity index is 2.18. The highest BCUT2D eigenvalue weighted by Crippen LogP contribution is 2.46. The molecule has 0 spiro atoms. The fourth-order valence-corrected chi connectivity index (χ4v) is 4.51. The maximum absolute atomic E-state index is 13.6. The Morgan fingerprint density at radius 3 is 2.52 bits per heavy atom. The van der Waals surface area contributed by atoms with Gasteiger partial charge in [-0.1, -0.05) is 44.9 Å². The number of nitrogens with one attached hydrogen (secondary N) is 1. The summed E-state index contributed by atoms with van der Waals surface area (Å²) in [4.78, 5) is 16.6. The van der Waals surface area contributed by atoms with Gasteiger partial charge in [-0.3, -0.25) is 14.3 Å². The molecule has 0 aliphatic heterocycles. The van der Waals surface area contributed by atoms with E-state index in [1.165, 1.54) is 13.1 Å². The summed E-state index contributed by atoms with van der Waals surface area (Å²) in [6.45, 7) is 7.38. The first-order valence-corrected chi connectivity index (χ1v) is 12.6. The predicted molar refractivity (Wildman–Crippen MR) is 126 cm³/mol. The minimum Gasteiger partial charge on any atom is -0.506 e. The highest BCUT2D eigenvalue weighted by Gasteiger charge is 2.33. The molecule has 1 aromatic heterocycles. The van der Waals surface area contributed by atoms with E-state index in [1.807, 2.05) is 13.8 Å².